The second-order valence-corrected chi connectivity index (χ2v) is 8.05. The van der Waals surface area contributed by atoms with Gasteiger partial charge >= 0.3 is 0 Å². The first-order chi connectivity index (χ1) is 13.7. The average molecular weight is 400 g/mol. The highest BCUT2D eigenvalue weighted by Crippen LogP contribution is 2.23. The van der Waals surface area contributed by atoms with E-state index in [-0.39, 0.29) is 11.8 Å². The average Bonchev–Trinajstić information content (AvgIpc) is 3.14. The lowest BCUT2D eigenvalue weighted by atomic mass is 9.99. The lowest BCUT2D eigenvalue weighted by molar-refractivity contribution is -0.125. The summed E-state index contributed by atoms with van der Waals surface area (Å²) in [5.74, 6) is 1.02. The van der Waals surface area contributed by atoms with Crippen LogP contribution in [0.3, 0.4) is 0 Å². The molecule has 1 amide bonds. The van der Waals surface area contributed by atoms with Crippen molar-refractivity contribution in [2.24, 2.45) is 5.92 Å². The molecule has 0 saturated carbocycles. The van der Waals surface area contributed by atoms with Crippen LogP contribution in [0.1, 0.15) is 24.1 Å². The Morgan fingerprint density at radius 2 is 2.04 bits per heavy atom. The van der Waals surface area contributed by atoms with Gasteiger partial charge in [-0.2, -0.15) is 0 Å². The number of nitrogens with one attached hydrogen (secondary N) is 1. The number of anilines is 1. The Morgan fingerprint density at radius 3 is 2.82 bits per heavy atom. The van der Waals surface area contributed by atoms with Crippen molar-refractivity contribution in [3.8, 4) is 0 Å². The second kappa shape index (κ2) is 8.88. The number of likely N-dealkylation sites (tertiary alicyclic amines) is 1. The number of nitrogens with zero attached hydrogens (tertiary/aromatic N) is 4. The number of aromatic nitrogens is 2. The van der Waals surface area contributed by atoms with E-state index in [1.807, 2.05) is 24.3 Å². The molecule has 2 aliphatic heterocycles. The van der Waals surface area contributed by atoms with E-state index in [4.69, 9.17) is 16.6 Å². The number of rotatable bonds is 7. The molecule has 2 saturated heterocycles. The minimum Gasteiger partial charge on any atom is -0.354 e. The van der Waals surface area contributed by atoms with Crippen LogP contribution in [-0.4, -0.2) is 60.0 Å². The first-order valence-corrected chi connectivity index (χ1v) is 10.4. The number of amides is 1. The van der Waals surface area contributed by atoms with Gasteiger partial charge in [-0.05, 0) is 43.6 Å². The highest BCUT2D eigenvalue weighted by Gasteiger charge is 2.33. The molecule has 2 aromatic rings. The van der Waals surface area contributed by atoms with Crippen molar-refractivity contribution in [2.45, 2.75) is 19.3 Å². The van der Waals surface area contributed by atoms with Gasteiger partial charge in [-0.25, -0.2) is 4.98 Å². The first-order valence-electron chi connectivity index (χ1n) is 9.98. The van der Waals surface area contributed by atoms with Gasteiger partial charge in [0.1, 0.15) is 5.82 Å². The molecule has 1 N–H and O–H groups in total. The molecule has 0 spiro atoms. The van der Waals surface area contributed by atoms with Crippen LogP contribution in [0.4, 0.5) is 5.82 Å². The van der Waals surface area contributed by atoms with E-state index in [1.165, 1.54) is 12.8 Å². The molecule has 4 rings (SSSR count). The minimum atomic E-state index is 0.0389. The van der Waals surface area contributed by atoms with Crippen molar-refractivity contribution >= 4 is 23.3 Å². The molecule has 0 atom stereocenters. The Morgan fingerprint density at radius 1 is 1.21 bits per heavy atom. The quantitative estimate of drug-likeness (QED) is 0.774. The maximum Gasteiger partial charge on any atom is 0.226 e. The summed E-state index contributed by atoms with van der Waals surface area (Å²) in [7, 11) is 0. The normalized spacial score (nSPS) is 17.5. The predicted octanol–water partition coefficient (Wildman–Crippen LogP) is 2.37. The first kappa shape index (κ1) is 19.2. The Kier molecular flexibility index (Phi) is 6.07. The fourth-order valence-corrected chi connectivity index (χ4v) is 4.02. The molecule has 2 aliphatic rings. The van der Waals surface area contributed by atoms with Gasteiger partial charge in [0.15, 0.2) is 0 Å². The third-order valence-electron chi connectivity index (χ3n) is 5.45. The number of benzene rings is 1. The number of halogens is 1. The van der Waals surface area contributed by atoms with E-state index < -0.39 is 0 Å². The van der Waals surface area contributed by atoms with Crippen LogP contribution < -0.4 is 10.2 Å². The summed E-state index contributed by atoms with van der Waals surface area (Å²) in [6.45, 7) is 5.42. The van der Waals surface area contributed by atoms with E-state index in [1.54, 1.807) is 12.4 Å². The molecule has 0 radical (unpaired) electrons. The van der Waals surface area contributed by atoms with Crippen molar-refractivity contribution in [3.05, 3.63) is 52.9 Å². The van der Waals surface area contributed by atoms with E-state index in [0.29, 0.717) is 19.5 Å². The maximum atomic E-state index is 12.3. The van der Waals surface area contributed by atoms with Crippen LogP contribution in [-0.2, 0) is 11.2 Å². The van der Waals surface area contributed by atoms with Crippen molar-refractivity contribution < 1.29 is 4.79 Å². The summed E-state index contributed by atoms with van der Waals surface area (Å²) < 4.78 is 0. The van der Waals surface area contributed by atoms with Gasteiger partial charge in [-0.15, -0.1) is 0 Å². The Hall–Kier alpha value is -2.18. The molecule has 1 aromatic heterocycles. The monoisotopic (exact) mass is 399 g/mol. The van der Waals surface area contributed by atoms with E-state index in [9.17, 15) is 4.79 Å². The molecule has 6 nitrogen and oxygen atoms in total. The molecule has 1 aromatic carbocycles. The van der Waals surface area contributed by atoms with Crippen LogP contribution in [0.2, 0.25) is 5.02 Å². The van der Waals surface area contributed by atoms with Crippen LogP contribution in [0.5, 0.6) is 0 Å². The molecule has 0 bridgehead atoms. The van der Waals surface area contributed by atoms with Gasteiger partial charge in [0.25, 0.3) is 0 Å². The Balaban J connectivity index is 1.25. The molecule has 2 fully saturated rings. The number of hydrogen-bond donors (Lipinski definition) is 1. The predicted molar refractivity (Wildman–Crippen MR) is 111 cm³/mol. The third-order valence-corrected chi connectivity index (χ3v) is 5.68. The summed E-state index contributed by atoms with van der Waals surface area (Å²) in [6, 6.07) is 7.79. The highest BCUT2D eigenvalue weighted by atomic mass is 35.5. The SMILES string of the molecule is O=C(NCCN1CCCC1)C1CN(c2cncc(Cc3cccc(Cl)c3)n2)C1. The highest BCUT2D eigenvalue weighted by molar-refractivity contribution is 6.30. The smallest absolute Gasteiger partial charge is 0.226 e. The molecule has 0 aliphatic carbocycles. The lowest BCUT2D eigenvalue weighted by Gasteiger charge is -2.39. The van der Waals surface area contributed by atoms with Gasteiger partial charge in [-0.1, -0.05) is 23.7 Å². The van der Waals surface area contributed by atoms with Gasteiger partial charge in [0.05, 0.1) is 17.8 Å². The third kappa shape index (κ3) is 4.80. The number of carbonyl (C=O) groups excluding carboxylic acids is 1. The van der Waals surface area contributed by atoms with Gasteiger partial charge < -0.3 is 15.1 Å². The zero-order chi connectivity index (χ0) is 19.3. The molecular formula is C21H26ClN5O. The number of hydrogen-bond acceptors (Lipinski definition) is 5. The summed E-state index contributed by atoms with van der Waals surface area (Å²) in [5, 5.41) is 3.80. The molecule has 7 heteroatoms. The van der Waals surface area contributed by atoms with E-state index in [2.05, 4.69) is 20.1 Å². The number of carbonyl (C=O) groups is 1. The topological polar surface area (TPSA) is 61.4 Å². The van der Waals surface area contributed by atoms with Crippen LogP contribution >= 0.6 is 11.6 Å². The lowest BCUT2D eigenvalue weighted by Crippen LogP contribution is -2.54. The van der Waals surface area contributed by atoms with E-state index in [0.717, 1.165) is 48.3 Å². The standard InChI is InChI=1S/C21H26ClN5O/c22-18-5-3-4-16(10-18)11-19-12-23-13-20(25-19)27-14-17(15-27)21(28)24-6-9-26-7-1-2-8-26/h3-5,10,12-13,17H,1-2,6-9,11,14-15H2,(H,24,28). The van der Waals surface area contributed by atoms with Gasteiger partial charge in [-0.3, -0.25) is 9.78 Å². The largest absolute Gasteiger partial charge is 0.354 e. The zero-order valence-electron chi connectivity index (χ0n) is 16.0. The molecular weight excluding hydrogens is 374 g/mol. The van der Waals surface area contributed by atoms with Crippen LogP contribution in [0.15, 0.2) is 36.7 Å². The van der Waals surface area contributed by atoms with Crippen molar-refractivity contribution in [3.63, 3.8) is 0 Å². The molecule has 0 unspecified atom stereocenters. The zero-order valence-corrected chi connectivity index (χ0v) is 16.7. The fraction of sp³-hybridized carbons (Fsp3) is 0.476. The Labute approximate surface area is 170 Å². The second-order valence-electron chi connectivity index (χ2n) is 7.62. The summed E-state index contributed by atoms with van der Waals surface area (Å²) in [4.78, 5) is 25.9. The van der Waals surface area contributed by atoms with Crippen LogP contribution in [0.25, 0.3) is 0 Å². The van der Waals surface area contributed by atoms with Crippen LogP contribution in [0, 0.1) is 5.92 Å². The van der Waals surface area contributed by atoms with E-state index >= 15 is 0 Å². The molecule has 3 heterocycles. The summed E-state index contributed by atoms with van der Waals surface area (Å²) in [5.41, 5.74) is 2.01. The van der Waals surface area contributed by atoms with Gasteiger partial charge in [0.2, 0.25) is 5.91 Å². The Bertz CT molecular complexity index is 818. The molecule has 148 valence electrons. The minimum absolute atomic E-state index is 0.0389. The van der Waals surface area contributed by atoms with Crippen molar-refractivity contribution in [1.82, 2.24) is 20.2 Å². The van der Waals surface area contributed by atoms with Crippen molar-refractivity contribution in [2.75, 3.05) is 44.2 Å². The molecule has 28 heavy (non-hydrogen) atoms. The summed E-state index contributed by atoms with van der Waals surface area (Å²) >= 11 is 6.06. The fourth-order valence-electron chi connectivity index (χ4n) is 3.81. The maximum absolute atomic E-state index is 12.3. The van der Waals surface area contributed by atoms with Gasteiger partial charge in [0, 0.05) is 43.8 Å². The van der Waals surface area contributed by atoms with Crippen molar-refractivity contribution in [1.29, 1.82) is 0 Å². The summed E-state index contributed by atoms with van der Waals surface area (Å²) in [6.07, 6.45) is 6.80.